The Kier molecular flexibility index (Phi) is 3.88. The molecule has 6 nitrogen and oxygen atoms in total. The van der Waals surface area contributed by atoms with Crippen molar-refractivity contribution in [2.75, 3.05) is 19.6 Å². The van der Waals surface area contributed by atoms with E-state index in [0.717, 1.165) is 6.42 Å². The fraction of sp³-hybridized carbons (Fsp3) is 0.417. The summed E-state index contributed by atoms with van der Waals surface area (Å²) in [5.41, 5.74) is 11.0. The van der Waals surface area contributed by atoms with E-state index in [1.54, 1.807) is 0 Å². The molecule has 1 aliphatic heterocycles. The molecular weight excluding hydrogens is 266 g/mol. The zero-order chi connectivity index (χ0) is 14.0. The molecule has 1 aromatic rings. The minimum atomic E-state index is -3.50. The maximum Gasteiger partial charge on any atom is 0.248 e. The van der Waals surface area contributed by atoms with Gasteiger partial charge in [0.05, 0.1) is 4.90 Å². The first-order chi connectivity index (χ1) is 8.95. The standard InChI is InChI=1S/C12H17N3O3S/c13-7-9-5-6-15(8-9)19(17,18)11-3-1-10(2-4-11)12(14)16/h1-4,9H,5-8,13H2,(H2,14,16). The van der Waals surface area contributed by atoms with Gasteiger partial charge >= 0.3 is 0 Å². The summed E-state index contributed by atoms with van der Waals surface area (Å²) < 4.78 is 26.1. The first-order valence-electron chi connectivity index (χ1n) is 6.05. The third-order valence-corrected chi connectivity index (χ3v) is 5.24. The number of benzene rings is 1. The number of primary amides is 1. The molecule has 0 aromatic heterocycles. The lowest BCUT2D eigenvalue weighted by molar-refractivity contribution is 0.1000. The molecule has 7 heteroatoms. The summed E-state index contributed by atoms with van der Waals surface area (Å²) in [4.78, 5) is 11.1. The van der Waals surface area contributed by atoms with Crippen LogP contribution in [0.5, 0.6) is 0 Å². The first kappa shape index (κ1) is 14.0. The van der Waals surface area contributed by atoms with Gasteiger partial charge in [-0.15, -0.1) is 0 Å². The molecule has 0 radical (unpaired) electrons. The highest BCUT2D eigenvalue weighted by Crippen LogP contribution is 2.23. The van der Waals surface area contributed by atoms with E-state index in [0.29, 0.717) is 25.2 Å². The average molecular weight is 283 g/mol. The Bertz CT molecular complexity index is 568. The summed E-state index contributed by atoms with van der Waals surface area (Å²) in [7, 11) is -3.50. The van der Waals surface area contributed by atoms with Gasteiger partial charge in [0.25, 0.3) is 0 Å². The third-order valence-electron chi connectivity index (χ3n) is 3.36. The molecule has 0 saturated carbocycles. The Balaban J connectivity index is 2.22. The van der Waals surface area contributed by atoms with Crippen LogP contribution in [0.2, 0.25) is 0 Å². The summed E-state index contributed by atoms with van der Waals surface area (Å²) in [6.45, 7) is 1.44. The van der Waals surface area contributed by atoms with Crippen molar-refractivity contribution in [3.05, 3.63) is 29.8 Å². The van der Waals surface area contributed by atoms with Gasteiger partial charge in [-0.25, -0.2) is 8.42 Å². The highest BCUT2D eigenvalue weighted by molar-refractivity contribution is 7.89. The maximum absolute atomic E-state index is 12.3. The van der Waals surface area contributed by atoms with E-state index in [9.17, 15) is 13.2 Å². The van der Waals surface area contributed by atoms with E-state index in [1.807, 2.05) is 0 Å². The van der Waals surface area contributed by atoms with Crippen LogP contribution in [-0.2, 0) is 10.0 Å². The predicted octanol–water partition coefficient (Wildman–Crippen LogP) is -0.245. The topological polar surface area (TPSA) is 106 Å². The fourth-order valence-corrected chi connectivity index (χ4v) is 3.68. The van der Waals surface area contributed by atoms with Crippen molar-refractivity contribution < 1.29 is 13.2 Å². The normalized spacial score (nSPS) is 20.6. The molecule has 1 aliphatic rings. The minimum absolute atomic E-state index is 0.176. The molecule has 1 fully saturated rings. The smallest absolute Gasteiger partial charge is 0.248 e. The second-order valence-corrected chi connectivity index (χ2v) is 6.58. The molecule has 1 atom stereocenters. The van der Waals surface area contributed by atoms with Crippen LogP contribution >= 0.6 is 0 Å². The van der Waals surface area contributed by atoms with E-state index >= 15 is 0 Å². The monoisotopic (exact) mass is 283 g/mol. The lowest BCUT2D eigenvalue weighted by Gasteiger charge is -2.16. The van der Waals surface area contributed by atoms with E-state index in [2.05, 4.69) is 0 Å². The lowest BCUT2D eigenvalue weighted by Crippen LogP contribution is -2.30. The van der Waals surface area contributed by atoms with Crippen LogP contribution in [-0.4, -0.2) is 38.3 Å². The molecule has 1 amide bonds. The van der Waals surface area contributed by atoms with Gasteiger partial charge in [-0.2, -0.15) is 4.31 Å². The van der Waals surface area contributed by atoms with Crippen LogP contribution in [0, 0.1) is 5.92 Å². The van der Waals surface area contributed by atoms with Gasteiger partial charge in [0.15, 0.2) is 0 Å². The molecule has 1 aromatic carbocycles. The molecule has 1 saturated heterocycles. The highest BCUT2D eigenvalue weighted by Gasteiger charge is 2.31. The van der Waals surface area contributed by atoms with E-state index in [4.69, 9.17) is 11.5 Å². The van der Waals surface area contributed by atoms with Crippen molar-refractivity contribution in [2.45, 2.75) is 11.3 Å². The van der Waals surface area contributed by atoms with Gasteiger partial charge in [0.1, 0.15) is 0 Å². The van der Waals surface area contributed by atoms with Gasteiger partial charge in [-0.05, 0) is 43.1 Å². The Morgan fingerprint density at radius 2 is 1.95 bits per heavy atom. The first-order valence-corrected chi connectivity index (χ1v) is 7.49. The number of hydrogen-bond acceptors (Lipinski definition) is 4. The highest BCUT2D eigenvalue weighted by atomic mass is 32.2. The molecule has 104 valence electrons. The number of nitrogens with zero attached hydrogens (tertiary/aromatic N) is 1. The zero-order valence-corrected chi connectivity index (χ0v) is 11.3. The van der Waals surface area contributed by atoms with Gasteiger partial charge < -0.3 is 11.5 Å². The summed E-state index contributed by atoms with van der Waals surface area (Å²) in [6.07, 6.45) is 0.787. The van der Waals surface area contributed by atoms with Crippen molar-refractivity contribution in [2.24, 2.45) is 17.4 Å². The summed E-state index contributed by atoms with van der Waals surface area (Å²) in [5.74, 6) is -0.354. The van der Waals surface area contributed by atoms with Crippen molar-refractivity contribution in [3.8, 4) is 0 Å². The summed E-state index contributed by atoms with van der Waals surface area (Å²) >= 11 is 0. The number of carbonyl (C=O) groups excluding carboxylic acids is 1. The van der Waals surface area contributed by atoms with Crippen molar-refractivity contribution in [1.29, 1.82) is 0 Å². The minimum Gasteiger partial charge on any atom is -0.366 e. The lowest BCUT2D eigenvalue weighted by atomic mass is 10.1. The number of nitrogens with two attached hydrogens (primary N) is 2. The predicted molar refractivity (Wildman–Crippen MR) is 70.9 cm³/mol. The number of sulfonamides is 1. The Labute approximate surface area is 112 Å². The van der Waals surface area contributed by atoms with Crippen LogP contribution in [0.1, 0.15) is 16.8 Å². The van der Waals surface area contributed by atoms with Gasteiger partial charge in [-0.3, -0.25) is 4.79 Å². The SMILES string of the molecule is NCC1CCN(S(=O)(=O)c2ccc(C(N)=O)cc2)C1. The molecule has 2 rings (SSSR count). The number of rotatable bonds is 4. The van der Waals surface area contributed by atoms with Crippen LogP contribution in [0.15, 0.2) is 29.2 Å². The largest absolute Gasteiger partial charge is 0.366 e. The second-order valence-electron chi connectivity index (χ2n) is 4.64. The van der Waals surface area contributed by atoms with Crippen LogP contribution in [0.25, 0.3) is 0 Å². The Morgan fingerprint density at radius 3 is 2.42 bits per heavy atom. The quantitative estimate of drug-likeness (QED) is 0.795. The summed E-state index contributed by atoms with van der Waals surface area (Å²) in [5, 5.41) is 0. The van der Waals surface area contributed by atoms with Gasteiger partial charge in [0, 0.05) is 18.7 Å². The molecule has 0 bridgehead atoms. The van der Waals surface area contributed by atoms with Crippen LogP contribution in [0.3, 0.4) is 0 Å². The van der Waals surface area contributed by atoms with Crippen molar-refractivity contribution in [3.63, 3.8) is 0 Å². The molecule has 0 spiro atoms. The zero-order valence-electron chi connectivity index (χ0n) is 10.5. The average Bonchev–Trinajstić information content (AvgIpc) is 2.88. The number of amides is 1. The van der Waals surface area contributed by atoms with Crippen LogP contribution in [0.4, 0.5) is 0 Å². The Morgan fingerprint density at radius 1 is 1.32 bits per heavy atom. The maximum atomic E-state index is 12.3. The van der Waals surface area contributed by atoms with E-state index in [-0.39, 0.29) is 10.8 Å². The van der Waals surface area contributed by atoms with Crippen molar-refractivity contribution >= 4 is 15.9 Å². The van der Waals surface area contributed by atoms with Crippen molar-refractivity contribution in [1.82, 2.24) is 4.31 Å². The molecule has 19 heavy (non-hydrogen) atoms. The Hall–Kier alpha value is -1.44. The molecular formula is C12H17N3O3S. The van der Waals surface area contributed by atoms with Crippen LogP contribution < -0.4 is 11.5 Å². The van der Waals surface area contributed by atoms with Gasteiger partial charge in [0.2, 0.25) is 15.9 Å². The summed E-state index contributed by atoms with van der Waals surface area (Å²) in [6, 6.07) is 5.66. The van der Waals surface area contributed by atoms with Gasteiger partial charge in [-0.1, -0.05) is 0 Å². The molecule has 4 N–H and O–H groups in total. The number of hydrogen-bond donors (Lipinski definition) is 2. The second kappa shape index (κ2) is 5.28. The molecule has 1 heterocycles. The molecule has 1 unspecified atom stereocenters. The fourth-order valence-electron chi connectivity index (χ4n) is 2.15. The number of carbonyl (C=O) groups is 1. The molecule has 0 aliphatic carbocycles. The van der Waals surface area contributed by atoms with E-state index < -0.39 is 15.9 Å². The van der Waals surface area contributed by atoms with E-state index in [1.165, 1.54) is 28.6 Å². The third kappa shape index (κ3) is 2.78.